The molecule has 2 fully saturated rings. The second kappa shape index (κ2) is 3.76. The third-order valence-corrected chi connectivity index (χ3v) is 5.80. The molecule has 1 heteroatoms. The lowest BCUT2D eigenvalue weighted by Gasteiger charge is -2.31. The van der Waals surface area contributed by atoms with Crippen LogP contribution in [0.1, 0.15) is 47.0 Å². The van der Waals surface area contributed by atoms with Crippen LogP contribution in [0.3, 0.4) is 0 Å². The van der Waals surface area contributed by atoms with Crippen LogP contribution < -0.4 is 0 Å². The highest BCUT2D eigenvalue weighted by Gasteiger charge is 2.50. The highest BCUT2D eigenvalue weighted by molar-refractivity contribution is 4.99. The second-order valence-electron chi connectivity index (χ2n) is 6.60. The van der Waals surface area contributed by atoms with Gasteiger partial charge in [0.1, 0.15) is 0 Å². The zero-order chi connectivity index (χ0) is 11.2. The summed E-state index contributed by atoms with van der Waals surface area (Å²) in [5.74, 6) is 4.00. The average molecular weight is 210 g/mol. The van der Waals surface area contributed by atoms with E-state index in [4.69, 9.17) is 0 Å². The maximum atomic E-state index is 9.20. The molecule has 5 atom stereocenters. The van der Waals surface area contributed by atoms with Crippen molar-refractivity contribution in [1.29, 1.82) is 0 Å². The summed E-state index contributed by atoms with van der Waals surface area (Å²) >= 11 is 0. The third-order valence-electron chi connectivity index (χ3n) is 5.80. The van der Waals surface area contributed by atoms with E-state index in [2.05, 4.69) is 27.7 Å². The van der Waals surface area contributed by atoms with Crippen molar-refractivity contribution in [3.63, 3.8) is 0 Å². The van der Waals surface area contributed by atoms with Crippen LogP contribution in [-0.2, 0) is 0 Å². The Hall–Kier alpha value is -0.0400. The fourth-order valence-electron chi connectivity index (χ4n) is 3.68. The lowest BCUT2D eigenvalue weighted by molar-refractivity contribution is 0.176. The fraction of sp³-hybridized carbons (Fsp3) is 1.00. The normalized spacial score (nSPS) is 48.2. The molecule has 2 aliphatic carbocycles. The Bertz CT molecular complexity index is 233. The minimum Gasteiger partial charge on any atom is -0.396 e. The van der Waals surface area contributed by atoms with Crippen molar-refractivity contribution in [3.8, 4) is 0 Å². The van der Waals surface area contributed by atoms with Gasteiger partial charge in [0.2, 0.25) is 0 Å². The summed E-state index contributed by atoms with van der Waals surface area (Å²) in [6.45, 7) is 10.00. The van der Waals surface area contributed by atoms with Crippen molar-refractivity contribution in [2.24, 2.45) is 35.0 Å². The Balaban J connectivity index is 1.91. The van der Waals surface area contributed by atoms with Gasteiger partial charge in [-0.1, -0.05) is 27.7 Å². The fourth-order valence-corrected chi connectivity index (χ4v) is 3.68. The Morgan fingerprint density at radius 3 is 2.20 bits per heavy atom. The monoisotopic (exact) mass is 210 g/mol. The van der Waals surface area contributed by atoms with Crippen molar-refractivity contribution in [2.75, 3.05) is 6.61 Å². The van der Waals surface area contributed by atoms with Crippen LogP contribution in [0.4, 0.5) is 0 Å². The van der Waals surface area contributed by atoms with Crippen molar-refractivity contribution < 1.29 is 5.11 Å². The predicted molar refractivity (Wildman–Crippen MR) is 63.5 cm³/mol. The Kier molecular flexibility index (Phi) is 2.87. The Morgan fingerprint density at radius 2 is 1.80 bits per heavy atom. The number of hydrogen-bond acceptors (Lipinski definition) is 1. The summed E-state index contributed by atoms with van der Waals surface area (Å²) in [5, 5.41) is 9.20. The maximum absolute atomic E-state index is 9.20. The number of hydrogen-bond donors (Lipinski definition) is 1. The number of aliphatic hydroxyl groups excluding tert-OH is 1. The Morgan fingerprint density at radius 1 is 1.13 bits per heavy atom. The van der Waals surface area contributed by atoms with E-state index in [0.29, 0.717) is 17.9 Å². The van der Waals surface area contributed by atoms with Gasteiger partial charge in [-0.2, -0.15) is 0 Å². The van der Waals surface area contributed by atoms with Crippen LogP contribution in [0, 0.1) is 35.0 Å². The predicted octanol–water partition coefficient (Wildman–Crippen LogP) is 3.32. The van der Waals surface area contributed by atoms with Gasteiger partial charge in [-0.15, -0.1) is 0 Å². The molecular formula is C14H26O. The SMILES string of the molecule is CC1C(CO)C1CC1CCC(C)C1(C)C. The zero-order valence-electron chi connectivity index (χ0n) is 10.7. The summed E-state index contributed by atoms with van der Waals surface area (Å²) in [7, 11) is 0. The van der Waals surface area contributed by atoms with Crippen molar-refractivity contribution in [2.45, 2.75) is 47.0 Å². The zero-order valence-corrected chi connectivity index (χ0v) is 10.7. The van der Waals surface area contributed by atoms with E-state index in [0.717, 1.165) is 23.7 Å². The van der Waals surface area contributed by atoms with Crippen LogP contribution in [0.5, 0.6) is 0 Å². The summed E-state index contributed by atoms with van der Waals surface area (Å²) in [6, 6.07) is 0. The smallest absolute Gasteiger partial charge is 0.0464 e. The van der Waals surface area contributed by atoms with Gasteiger partial charge < -0.3 is 5.11 Å². The lowest BCUT2D eigenvalue weighted by Crippen LogP contribution is -2.24. The molecule has 0 saturated heterocycles. The molecule has 0 radical (unpaired) electrons. The molecular weight excluding hydrogens is 184 g/mol. The van der Waals surface area contributed by atoms with Gasteiger partial charge in [0.05, 0.1) is 0 Å². The number of aliphatic hydroxyl groups is 1. The molecule has 2 aliphatic rings. The van der Waals surface area contributed by atoms with E-state index < -0.39 is 0 Å². The molecule has 0 aliphatic heterocycles. The van der Waals surface area contributed by atoms with Gasteiger partial charge in [-0.3, -0.25) is 0 Å². The standard InChI is InChI=1S/C14H26O/c1-9-5-6-11(14(9,3)4)7-12-10(2)13(12)8-15/h9-13,15H,5-8H2,1-4H3. The summed E-state index contributed by atoms with van der Waals surface area (Å²) in [4.78, 5) is 0. The summed E-state index contributed by atoms with van der Waals surface area (Å²) in [5.41, 5.74) is 0.530. The van der Waals surface area contributed by atoms with Crippen molar-refractivity contribution in [3.05, 3.63) is 0 Å². The van der Waals surface area contributed by atoms with Crippen molar-refractivity contribution >= 4 is 0 Å². The van der Waals surface area contributed by atoms with Crippen LogP contribution in [-0.4, -0.2) is 11.7 Å². The molecule has 88 valence electrons. The van der Waals surface area contributed by atoms with E-state index in [1.807, 2.05) is 0 Å². The van der Waals surface area contributed by atoms with Crippen LogP contribution in [0.25, 0.3) is 0 Å². The van der Waals surface area contributed by atoms with Crippen LogP contribution >= 0.6 is 0 Å². The molecule has 1 nitrogen and oxygen atoms in total. The molecule has 5 unspecified atom stereocenters. The second-order valence-corrected chi connectivity index (χ2v) is 6.60. The summed E-state index contributed by atoms with van der Waals surface area (Å²) in [6.07, 6.45) is 4.18. The van der Waals surface area contributed by atoms with E-state index in [9.17, 15) is 5.11 Å². The first-order chi connectivity index (χ1) is 6.98. The van der Waals surface area contributed by atoms with Crippen molar-refractivity contribution in [1.82, 2.24) is 0 Å². The molecule has 0 aromatic rings. The first-order valence-corrected chi connectivity index (χ1v) is 6.59. The van der Waals surface area contributed by atoms with Gasteiger partial charge in [-0.25, -0.2) is 0 Å². The lowest BCUT2D eigenvalue weighted by atomic mass is 9.74. The van der Waals surface area contributed by atoms with E-state index >= 15 is 0 Å². The minimum atomic E-state index is 0.411. The highest BCUT2D eigenvalue weighted by Crippen LogP contribution is 2.56. The first-order valence-electron chi connectivity index (χ1n) is 6.59. The topological polar surface area (TPSA) is 20.2 Å². The molecule has 0 amide bonds. The van der Waals surface area contributed by atoms with E-state index in [-0.39, 0.29) is 0 Å². The molecule has 0 spiro atoms. The average Bonchev–Trinajstić information content (AvgIpc) is 2.73. The minimum absolute atomic E-state index is 0.411. The molecule has 2 saturated carbocycles. The van der Waals surface area contributed by atoms with Gasteiger partial charge in [-0.05, 0) is 54.3 Å². The quantitative estimate of drug-likeness (QED) is 0.757. The van der Waals surface area contributed by atoms with Gasteiger partial charge in [0, 0.05) is 6.61 Å². The van der Waals surface area contributed by atoms with Gasteiger partial charge in [0.15, 0.2) is 0 Å². The number of rotatable bonds is 3. The maximum Gasteiger partial charge on any atom is 0.0464 e. The molecule has 1 N–H and O–H groups in total. The molecule has 0 bridgehead atoms. The molecule has 2 rings (SSSR count). The third kappa shape index (κ3) is 1.84. The van der Waals surface area contributed by atoms with E-state index in [1.165, 1.54) is 19.3 Å². The highest BCUT2D eigenvalue weighted by atomic mass is 16.3. The molecule has 0 heterocycles. The van der Waals surface area contributed by atoms with Gasteiger partial charge in [0.25, 0.3) is 0 Å². The molecule has 0 aromatic heterocycles. The summed E-state index contributed by atoms with van der Waals surface area (Å²) < 4.78 is 0. The first kappa shape index (κ1) is 11.4. The molecule has 15 heavy (non-hydrogen) atoms. The Labute approximate surface area is 94.3 Å². The molecule has 0 aromatic carbocycles. The van der Waals surface area contributed by atoms with Gasteiger partial charge >= 0.3 is 0 Å². The van der Waals surface area contributed by atoms with Crippen LogP contribution in [0.15, 0.2) is 0 Å². The van der Waals surface area contributed by atoms with E-state index in [1.54, 1.807) is 0 Å². The largest absolute Gasteiger partial charge is 0.396 e. The van der Waals surface area contributed by atoms with Crippen LogP contribution in [0.2, 0.25) is 0 Å².